The Morgan fingerprint density at radius 3 is 2.84 bits per heavy atom. The van der Waals surface area contributed by atoms with E-state index in [2.05, 4.69) is 15.3 Å². The summed E-state index contributed by atoms with van der Waals surface area (Å²) < 4.78 is 5.62. The van der Waals surface area contributed by atoms with Crippen molar-refractivity contribution in [2.24, 2.45) is 0 Å². The van der Waals surface area contributed by atoms with Crippen molar-refractivity contribution >= 4 is 5.91 Å². The Morgan fingerprint density at radius 1 is 1.32 bits per heavy atom. The van der Waals surface area contributed by atoms with Crippen LogP contribution in [0.15, 0.2) is 36.5 Å². The standard InChI is InChI=1S/C19H25N3O3/c1-13(2)25-17-6-4-5-15(11-17)18(23)12-21-19(24)8-7-16-9-10-20-14(3)22-16/h4-6,9-11,13,18,23H,7-8,12H2,1-3H3,(H,21,24). The number of carbonyl (C=O) groups excluding carboxylic acids is 1. The predicted molar refractivity (Wildman–Crippen MR) is 95.3 cm³/mol. The highest BCUT2D eigenvalue weighted by atomic mass is 16.5. The summed E-state index contributed by atoms with van der Waals surface area (Å²) in [6, 6.07) is 9.08. The van der Waals surface area contributed by atoms with Gasteiger partial charge in [-0.15, -0.1) is 0 Å². The van der Waals surface area contributed by atoms with Gasteiger partial charge in [-0.3, -0.25) is 4.79 Å². The van der Waals surface area contributed by atoms with Crippen molar-refractivity contribution in [3.05, 3.63) is 53.6 Å². The van der Waals surface area contributed by atoms with Gasteiger partial charge in [-0.1, -0.05) is 12.1 Å². The molecule has 0 aliphatic carbocycles. The number of nitrogens with one attached hydrogen (secondary N) is 1. The number of aryl methyl sites for hydroxylation is 2. The molecular weight excluding hydrogens is 318 g/mol. The molecule has 1 heterocycles. The van der Waals surface area contributed by atoms with E-state index in [1.54, 1.807) is 18.3 Å². The summed E-state index contributed by atoms with van der Waals surface area (Å²) in [5, 5.41) is 13.0. The smallest absolute Gasteiger partial charge is 0.220 e. The SMILES string of the molecule is Cc1nccc(CCC(=O)NCC(O)c2cccc(OC(C)C)c2)n1. The van der Waals surface area contributed by atoms with E-state index >= 15 is 0 Å². The molecule has 1 aromatic carbocycles. The minimum Gasteiger partial charge on any atom is -0.491 e. The summed E-state index contributed by atoms with van der Waals surface area (Å²) in [6.45, 7) is 5.87. The molecule has 1 amide bonds. The number of nitrogens with zero attached hydrogens (tertiary/aromatic N) is 2. The summed E-state index contributed by atoms with van der Waals surface area (Å²) in [6.07, 6.45) is 1.84. The summed E-state index contributed by atoms with van der Waals surface area (Å²) >= 11 is 0. The van der Waals surface area contributed by atoms with Crippen molar-refractivity contribution in [1.82, 2.24) is 15.3 Å². The van der Waals surface area contributed by atoms with E-state index in [0.29, 0.717) is 30.0 Å². The Kier molecular flexibility index (Phi) is 6.89. The van der Waals surface area contributed by atoms with Gasteiger partial charge in [0.2, 0.25) is 5.91 Å². The highest BCUT2D eigenvalue weighted by Gasteiger charge is 2.11. The highest BCUT2D eigenvalue weighted by molar-refractivity contribution is 5.76. The van der Waals surface area contributed by atoms with Crippen molar-refractivity contribution in [3.8, 4) is 5.75 Å². The Bertz CT molecular complexity index is 704. The molecule has 2 aromatic rings. The molecule has 0 saturated heterocycles. The number of hydrogen-bond acceptors (Lipinski definition) is 5. The maximum absolute atomic E-state index is 12.0. The monoisotopic (exact) mass is 343 g/mol. The predicted octanol–water partition coefficient (Wildman–Crippen LogP) is 2.35. The normalized spacial score (nSPS) is 12.0. The van der Waals surface area contributed by atoms with Crippen molar-refractivity contribution in [2.45, 2.75) is 45.8 Å². The molecule has 6 heteroatoms. The molecule has 0 aliphatic rings. The third kappa shape index (κ3) is 6.51. The summed E-state index contributed by atoms with van der Waals surface area (Å²) in [5.41, 5.74) is 1.55. The third-order valence-electron chi connectivity index (χ3n) is 3.55. The number of aromatic nitrogens is 2. The highest BCUT2D eigenvalue weighted by Crippen LogP contribution is 2.20. The van der Waals surface area contributed by atoms with Crippen LogP contribution in [0.1, 0.15) is 43.5 Å². The van der Waals surface area contributed by atoms with Gasteiger partial charge in [-0.25, -0.2) is 9.97 Å². The summed E-state index contributed by atoms with van der Waals surface area (Å²) in [4.78, 5) is 20.3. The van der Waals surface area contributed by atoms with Gasteiger partial charge in [-0.2, -0.15) is 0 Å². The lowest BCUT2D eigenvalue weighted by molar-refractivity contribution is -0.121. The number of benzene rings is 1. The van der Waals surface area contributed by atoms with Gasteiger partial charge in [-0.05, 0) is 51.0 Å². The zero-order chi connectivity index (χ0) is 18.2. The fourth-order valence-corrected chi connectivity index (χ4v) is 2.37. The molecule has 0 radical (unpaired) electrons. The fourth-order valence-electron chi connectivity index (χ4n) is 2.37. The molecule has 1 atom stereocenters. The van der Waals surface area contributed by atoms with E-state index in [4.69, 9.17) is 4.74 Å². The molecule has 0 spiro atoms. The molecule has 6 nitrogen and oxygen atoms in total. The number of hydrogen-bond donors (Lipinski definition) is 2. The van der Waals surface area contributed by atoms with Gasteiger partial charge >= 0.3 is 0 Å². The van der Waals surface area contributed by atoms with Crippen LogP contribution < -0.4 is 10.1 Å². The summed E-state index contributed by atoms with van der Waals surface area (Å²) in [7, 11) is 0. The van der Waals surface area contributed by atoms with Crippen LogP contribution in [0.3, 0.4) is 0 Å². The molecule has 2 rings (SSSR count). The van der Waals surface area contributed by atoms with Crippen LogP contribution in [-0.4, -0.2) is 33.6 Å². The molecule has 0 saturated carbocycles. The number of rotatable bonds is 8. The second-order valence-electron chi connectivity index (χ2n) is 6.15. The van der Waals surface area contributed by atoms with Crippen LogP contribution in [0.4, 0.5) is 0 Å². The number of amides is 1. The van der Waals surface area contributed by atoms with E-state index in [0.717, 1.165) is 5.69 Å². The first-order valence-corrected chi connectivity index (χ1v) is 8.44. The molecule has 0 aliphatic heterocycles. The molecule has 0 bridgehead atoms. The van der Waals surface area contributed by atoms with Crippen molar-refractivity contribution in [2.75, 3.05) is 6.54 Å². The first-order valence-electron chi connectivity index (χ1n) is 8.44. The summed E-state index contributed by atoms with van der Waals surface area (Å²) in [5.74, 6) is 1.28. The fraction of sp³-hybridized carbons (Fsp3) is 0.421. The molecule has 2 N–H and O–H groups in total. The minimum atomic E-state index is -0.777. The first kappa shape index (κ1) is 18.9. The lowest BCUT2D eigenvalue weighted by atomic mass is 10.1. The lowest BCUT2D eigenvalue weighted by Crippen LogP contribution is -2.28. The molecular formula is C19H25N3O3. The van der Waals surface area contributed by atoms with Crippen LogP contribution >= 0.6 is 0 Å². The van der Waals surface area contributed by atoms with Gasteiger partial charge in [0.1, 0.15) is 11.6 Å². The van der Waals surface area contributed by atoms with Gasteiger partial charge in [0.15, 0.2) is 0 Å². The van der Waals surface area contributed by atoms with Gasteiger partial charge < -0.3 is 15.2 Å². The topological polar surface area (TPSA) is 84.3 Å². The van der Waals surface area contributed by atoms with Crippen LogP contribution in [0.5, 0.6) is 5.75 Å². The van der Waals surface area contributed by atoms with Gasteiger partial charge in [0.05, 0.1) is 12.2 Å². The zero-order valence-corrected chi connectivity index (χ0v) is 14.9. The average Bonchev–Trinajstić information content (AvgIpc) is 2.57. The maximum Gasteiger partial charge on any atom is 0.220 e. The Labute approximate surface area is 148 Å². The number of ether oxygens (including phenoxy) is 1. The van der Waals surface area contributed by atoms with Crippen LogP contribution in [0, 0.1) is 6.92 Å². The Hall–Kier alpha value is -2.47. The van der Waals surface area contributed by atoms with E-state index in [1.807, 2.05) is 39.0 Å². The number of carbonyl (C=O) groups is 1. The van der Waals surface area contributed by atoms with Crippen molar-refractivity contribution in [3.63, 3.8) is 0 Å². The van der Waals surface area contributed by atoms with Crippen LogP contribution in [0.2, 0.25) is 0 Å². The lowest BCUT2D eigenvalue weighted by Gasteiger charge is -2.15. The molecule has 0 fully saturated rings. The maximum atomic E-state index is 12.0. The quantitative estimate of drug-likeness (QED) is 0.769. The van der Waals surface area contributed by atoms with Crippen LogP contribution in [-0.2, 0) is 11.2 Å². The van der Waals surface area contributed by atoms with Gasteiger partial charge in [0, 0.05) is 24.9 Å². The molecule has 1 unspecified atom stereocenters. The minimum absolute atomic E-state index is 0.0672. The number of aliphatic hydroxyl groups is 1. The van der Waals surface area contributed by atoms with E-state index in [-0.39, 0.29) is 18.6 Å². The zero-order valence-electron chi connectivity index (χ0n) is 14.9. The second kappa shape index (κ2) is 9.13. The molecule has 1 aromatic heterocycles. The Morgan fingerprint density at radius 2 is 2.12 bits per heavy atom. The number of aliphatic hydroxyl groups excluding tert-OH is 1. The van der Waals surface area contributed by atoms with Crippen LogP contribution in [0.25, 0.3) is 0 Å². The van der Waals surface area contributed by atoms with E-state index in [9.17, 15) is 9.90 Å². The average molecular weight is 343 g/mol. The van der Waals surface area contributed by atoms with E-state index in [1.165, 1.54) is 0 Å². The van der Waals surface area contributed by atoms with Crippen molar-refractivity contribution in [1.29, 1.82) is 0 Å². The molecule has 134 valence electrons. The Balaban J connectivity index is 1.80. The first-order chi connectivity index (χ1) is 11.9. The van der Waals surface area contributed by atoms with E-state index < -0.39 is 6.10 Å². The third-order valence-corrected chi connectivity index (χ3v) is 3.55. The van der Waals surface area contributed by atoms with Crippen molar-refractivity contribution < 1.29 is 14.6 Å². The largest absolute Gasteiger partial charge is 0.491 e. The molecule has 25 heavy (non-hydrogen) atoms. The second-order valence-corrected chi connectivity index (χ2v) is 6.15. The van der Waals surface area contributed by atoms with Gasteiger partial charge in [0.25, 0.3) is 0 Å².